The summed E-state index contributed by atoms with van der Waals surface area (Å²) in [6, 6.07) is 7.84. The fourth-order valence-corrected chi connectivity index (χ4v) is 5.33. The zero-order valence-electron chi connectivity index (χ0n) is 12.6. The molecule has 5 heteroatoms. The van der Waals surface area contributed by atoms with Gasteiger partial charge < -0.3 is 5.32 Å². The molecule has 2 rings (SSSR count). The highest BCUT2D eigenvalue weighted by atomic mass is 32.2. The standard InChI is InChI=1S/C16H21NO2S2/c1-4-17-15(19)13-9-20-16(3,21-10-13)14-7-5-12(6-8-14)11(2)18/h5-8,13H,4,9-10H2,1-3H3,(H,17,19). The van der Waals surface area contributed by atoms with Crippen molar-refractivity contribution in [3.8, 4) is 0 Å². The summed E-state index contributed by atoms with van der Waals surface area (Å²) in [6.45, 7) is 6.41. The zero-order chi connectivity index (χ0) is 15.5. The van der Waals surface area contributed by atoms with E-state index < -0.39 is 0 Å². The van der Waals surface area contributed by atoms with Crippen molar-refractivity contribution in [1.29, 1.82) is 0 Å². The highest BCUT2D eigenvalue weighted by Gasteiger charge is 2.36. The van der Waals surface area contributed by atoms with Gasteiger partial charge in [-0.1, -0.05) is 24.3 Å². The Morgan fingerprint density at radius 2 is 1.81 bits per heavy atom. The van der Waals surface area contributed by atoms with Crippen LogP contribution in [0.25, 0.3) is 0 Å². The predicted octanol–water partition coefficient (Wildman–Crippen LogP) is 3.29. The molecule has 1 saturated heterocycles. The van der Waals surface area contributed by atoms with E-state index in [0.29, 0.717) is 6.54 Å². The van der Waals surface area contributed by atoms with E-state index in [9.17, 15) is 9.59 Å². The van der Waals surface area contributed by atoms with Gasteiger partial charge in [-0.05, 0) is 26.3 Å². The average Bonchev–Trinajstić information content (AvgIpc) is 2.48. The molecule has 3 nitrogen and oxygen atoms in total. The Morgan fingerprint density at radius 1 is 1.24 bits per heavy atom. The molecule has 1 amide bonds. The van der Waals surface area contributed by atoms with Gasteiger partial charge in [0.15, 0.2) is 5.78 Å². The van der Waals surface area contributed by atoms with Crippen molar-refractivity contribution in [2.24, 2.45) is 5.92 Å². The van der Waals surface area contributed by atoms with Gasteiger partial charge >= 0.3 is 0 Å². The molecule has 1 fully saturated rings. The molecule has 1 heterocycles. The lowest BCUT2D eigenvalue weighted by molar-refractivity contribution is -0.123. The van der Waals surface area contributed by atoms with E-state index >= 15 is 0 Å². The predicted molar refractivity (Wildman–Crippen MR) is 90.9 cm³/mol. The number of ketones is 1. The van der Waals surface area contributed by atoms with Gasteiger partial charge in [0.05, 0.1) is 10.00 Å². The molecule has 0 aliphatic carbocycles. The Kier molecular flexibility index (Phi) is 5.38. The third-order valence-corrected chi connectivity index (χ3v) is 7.08. The van der Waals surface area contributed by atoms with Crippen LogP contribution in [0.15, 0.2) is 24.3 Å². The molecule has 1 aliphatic heterocycles. The maximum atomic E-state index is 11.9. The first-order valence-corrected chi connectivity index (χ1v) is 9.10. The summed E-state index contributed by atoms with van der Waals surface area (Å²) in [4.78, 5) is 23.2. The number of nitrogens with one attached hydrogen (secondary N) is 1. The number of thioether (sulfide) groups is 2. The number of benzene rings is 1. The highest BCUT2D eigenvalue weighted by Crippen LogP contribution is 2.51. The molecule has 0 bridgehead atoms. The zero-order valence-corrected chi connectivity index (χ0v) is 14.3. The first-order chi connectivity index (χ1) is 9.96. The molecular weight excluding hydrogens is 302 g/mol. The molecule has 0 spiro atoms. The summed E-state index contributed by atoms with van der Waals surface area (Å²) in [5.41, 5.74) is 1.95. The lowest BCUT2D eigenvalue weighted by Gasteiger charge is -2.36. The molecule has 0 saturated carbocycles. The number of hydrogen-bond donors (Lipinski definition) is 1. The average molecular weight is 323 g/mol. The number of carbonyl (C=O) groups is 2. The summed E-state index contributed by atoms with van der Waals surface area (Å²) in [5, 5.41) is 2.90. The van der Waals surface area contributed by atoms with Crippen molar-refractivity contribution in [3.05, 3.63) is 35.4 Å². The molecular formula is C16H21NO2S2. The van der Waals surface area contributed by atoms with E-state index in [1.165, 1.54) is 5.56 Å². The molecule has 0 unspecified atom stereocenters. The molecule has 21 heavy (non-hydrogen) atoms. The minimum Gasteiger partial charge on any atom is -0.356 e. The van der Waals surface area contributed by atoms with Crippen LogP contribution in [0.4, 0.5) is 0 Å². The van der Waals surface area contributed by atoms with E-state index in [2.05, 4.69) is 12.2 Å². The van der Waals surface area contributed by atoms with Crippen molar-refractivity contribution < 1.29 is 9.59 Å². The maximum absolute atomic E-state index is 11.9. The Hall–Kier alpha value is -0.940. The second-order valence-corrected chi connectivity index (χ2v) is 8.43. The molecule has 0 aromatic heterocycles. The summed E-state index contributed by atoms with van der Waals surface area (Å²) in [6.07, 6.45) is 0. The second kappa shape index (κ2) is 6.88. The van der Waals surface area contributed by atoms with Gasteiger partial charge in [0, 0.05) is 23.6 Å². The van der Waals surface area contributed by atoms with E-state index in [4.69, 9.17) is 0 Å². The number of carbonyl (C=O) groups excluding carboxylic acids is 2. The van der Waals surface area contributed by atoms with E-state index in [-0.39, 0.29) is 21.7 Å². The Labute approximate surface area is 134 Å². The second-order valence-electron chi connectivity index (χ2n) is 5.29. The number of Topliss-reactive ketones (excluding diaryl/α,β-unsaturated/α-hetero) is 1. The fraction of sp³-hybridized carbons (Fsp3) is 0.500. The van der Waals surface area contributed by atoms with Crippen molar-refractivity contribution >= 4 is 35.2 Å². The first-order valence-electron chi connectivity index (χ1n) is 7.13. The van der Waals surface area contributed by atoms with Crippen LogP contribution in [0.5, 0.6) is 0 Å². The van der Waals surface area contributed by atoms with Crippen molar-refractivity contribution in [3.63, 3.8) is 0 Å². The van der Waals surface area contributed by atoms with Gasteiger partial charge in [-0.2, -0.15) is 0 Å². The van der Waals surface area contributed by atoms with Gasteiger partial charge in [-0.15, -0.1) is 23.5 Å². The lowest BCUT2D eigenvalue weighted by Crippen LogP contribution is -2.37. The van der Waals surface area contributed by atoms with Gasteiger partial charge in [0.25, 0.3) is 0 Å². The molecule has 1 N–H and O–H groups in total. The quantitative estimate of drug-likeness (QED) is 0.864. The lowest BCUT2D eigenvalue weighted by atomic mass is 10.1. The SMILES string of the molecule is CCNC(=O)C1CSC(C)(c2ccc(C(C)=O)cc2)SC1. The molecule has 0 atom stereocenters. The van der Waals surface area contributed by atoms with Crippen LogP contribution in [0.1, 0.15) is 36.7 Å². The van der Waals surface area contributed by atoms with Crippen LogP contribution < -0.4 is 5.32 Å². The monoisotopic (exact) mass is 323 g/mol. The van der Waals surface area contributed by atoms with Gasteiger partial charge in [0.2, 0.25) is 5.91 Å². The first kappa shape index (κ1) is 16.4. The van der Waals surface area contributed by atoms with Crippen LogP contribution in [-0.2, 0) is 8.87 Å². The largest absolute Gasteiger partial charge is 0.356 e. The van der Waals surface area contributed by atoms with Crippen LogP contribution in [-0.4, -0.2) is 29.7 Å². The fourth-order valence-electron chi connectivity index (χ4n) is 2.25. The van der Waals surface area contributed by atoms with Crippen LogP contribution >= 0.6 is 23.5 Å². The normalized spacial score (nSPS) is 25.4. The van der Waals surface area contributed by atoms with E-state index in [1.54, 1.807) is 6.92 Å². The Balaban J connectivity index is 2.04. The number of hydrogen-bond acceptors (Lipinski definition) is 4. The summed E-state index contributed by atoms with van der Waals surface area (Å²) in [5.74, 6) is 2.01. The minimum absolute atomic E-state index is 0.0433. The van der Waals surface area contributed by atoms with Crippen molar-refractivity contribution in [2.45, 2.75) is 24.9 Å². The number of amides is 1. The topological polar surface area (TPSA) is 46.2 Å². The smallest absolute Gasteiger partial charge is 0.224 e. The van der Waals surface area contributed by atoms with E-state index in [1.807, 2.05) is 54.7 Å². The molecule has 0 radical (unpaired) electrons. The van der Waals surface area contributed by atoms with Crippen molar-refractivity contribution in [1.82, 2.24) is 5.32 Å². The van der Waals surface area contributed by atoms with Gasteiger partial charge in [-0.25, -0.2) is 0 Å². The maximum Gasteiger partial charge on any atom is 0.224 e. The molecule has 1 aromatic rings. The third kappa shape index (κ3) is 3.83. The summed E-state index contributed by atoms with van der Waals surface area (Å²) in [7, 11) is 0. The summed E-state index contributed by atoms with van der Waals surface area (Å²) >= 11 is 3.62. The molecule has 1 aromatic carbocycles. The highest BCUT2D eigenvalue weighted by molar-refractivity contribution is 8.18. The van der Waals surface area contributed by atoms with Crippen LogP contribution in [0.3, 0.4) is 0 Å². The Bertz CT molecular complexity index is 520. The van der Waals surface area contributed by atoms with Crippen LogP contribution in [0.2, 0.25) is 0 Å². The summed E-state index contributed by atoms with van der Waals surface area (Å²) < 4.78 is -0.0433. The molecule has 1 aliphatic rings. The third-order valence-electron chi connectivity index (χ3n) is 3.66. The van der Waals surface area contributed by atoms with Crippen molar-refractivity contribution in [2.75, 3.05) is 18.1 Å². The van der Waals surface area contributed by atoms with E-state index in [0.717, 1.165) is 17.1 Å². The Morgan fingerprint density at radius 3 is 2.29 bits per heavy atom. The number of rotatable bonds is 4. The molecule has 114 valence electrons. The van der Waals surface area contributed by atoms with Gasteiger partial charge in [-0.3, -0.25) is 9.59 Å². The van der Waals surface area contributed by atoms with Crippen LogP contribution in [0, 0.1) is 5.92 Å². The minimum atomic E-state index is -0.0433. The van der Waals surface area contributed by atoms with Gasteiger partial charge in [0.1, 0.15) is 0 Å².